The summed E-state index contributed by atoms with van der Waals surface area (Å²) >= 11 is 0. The molecule has 0 bridgehead atoms. The molecule has 90 valence electrons. The molecule has 0 saturated carbocycles. The summed E-state index contributed by atoms with van der Waals surface area (Å²) in [5.41, 5.74) is 0. The average Bonchev–Trinajstić information content (AvgIpc) is 2.25. The number of amides is 1. The summed E-state index contributed by atoms with van der Waals surface area (Å²) in [6.07, 6.45) is 6.92. The zero-order valence-corrected chi connectivity index (χ0v) is 9.87. The molecule has 1 amide bonds. The number of primary sulfonamides is 1. The molecule has 1 atom stereocenters. The molecular formula is C10H16N2O3S. The van der Waals surface area contributed by atoms with Crippen molar-refractivity contribution < 1.29 is 13.2 Å². The van der Waals surface area contributed by atoms with E-state index in [1.807, 2.05) is 0 Å². The fourth-order valence-electron chi connectivity index (χ4n) is 1.77. The van der Waals surface area contributed by atoms with E-state index in [1.54, 1.807) is 0 Å². The standard InChI is InChI=1S/C10H16N2O3S/c1-2-3-6-10(13)12-7-4-5-9(8-12)16(11,14)15/h1,9H,3-8H2,(H2,11,14,15). The third-order valence-corrected chi connectivity index (χ3v) is 3.99. The highest BCUT2D eigenvalue weighted by Gasteiger charge is 2.29. The minimum Gasteiger partial charge on any atom is -0.341 e. The number of terminal acetylenes is 1. The van der Waals surface area contributed by atoms with E-state index in [-0.39, 0.29) is 18.9 Å². The van der Waals surface area contributed by atoms with E-state index >= 15 is 0 Å². The summed E-state index contributed by atoms with van der Waals surface area (Å²) in [5, 5.41) is 4.45. The first-order valence-corrected chi connectivity index (χ1v) is 6.79. The van der Waals surface area contributed by atoms with Crippen LogP contribution in [-0.2, 0) is 14.8 Å². The lowest BCUT2D eigenvalue weighted by Crippen LogP contribution is -2.46. The molecule has 0 aromatic carbocycles. The van der Waals surface area contributed by atoms with Crippen LogP contribution in [0.2, 0.25) is 0 Å². The molecule has 0 aromatic rings. The van der Waals surface area contributed by atoms with Crippen LogP contribution in [0.4, 0.5) is 0 Å². The molecule has 16 heavy (non-hydrogen) atoms. The second-order valence-corrected chi connectivity index (χ2v) is 5.74. The van der Waals surface area contributed by atoms with Crippen LogP contribution in [0.1, 0.15) is 25.7 Å². The zero-order chi connectivity index (χ0) is 12.2. The molecule has 0 radical (unpaired) electrons. The van der Waals surface area contributed by atoms with Crippen molar-refractivity contribution in [3.05, 3.63) is 0 Å². The lowest BCUT2D eigenvalue weighted by atomic mass is 10.1. The molecule has 2 N–H and O–H groups in total. The van der Waals surface area contributed by atoms with E-state index in [0.29, 0.717) is 25.8 Å². The van der Waals surface area contributed by atoms with E-state index in [0.717, 1.165) is 0 Å². The predicted octanol–water partition coefficient (Wildman–Crippen LogP) is -0.321. The molecule has 0 aromatic heterocycles. The predicted molar refractivity (Wildman–Crippen MR) is 60.8 cm³/mol. The lowest BCUT2D eigenvalue weighted by molar-refractivity contribution is -0.131. The van der Waals surface area contributed by atoms with Crippen LogP contribution >= 0.6 is 0 Å². The van der Waals surface area contributed by atoms with Gasteiger partial charge in [-0.15, -0.1) is 12.3 Å². The first kappa shape index (κ1) is 13.0. The van der Waals surface area contributed by atoms with Gasteiger partial charge in [0.2, 0.25) is 15.9 Å². The van der Waals surface area contributed by atoms with Crippen molar-refractivity contribution in [1.82, 2.24) is 4.90 Å². The fraction of sp³-hybridized carbons (Fsp3) is 0.700. The van der Waals surface area contributed by atoms with Crippen molar-refractivity contribution in [2.45, 2.75) is 30.9 Å². The quantitative estimate of drug-likeness (QED) is 0.691. The van der Waals surface area contributed by atoms with Crippen LogP contribution in [-0.4, -0.2) is 37.6 Å². The number of hydrogen-bond donors (Lipinski definition) is 1. The van der Waals surface area contributed by atoms with E-state index in [4.69, 9.17) is 11.6 Å². The van der Waals surface area contributed by atoms with Gasteiger partial charge in [0.15, 0.2) is 0 Å². The lowest BCUT2D eigenvalue weighted by Gasteiger charge is -2.31. The molecule has 1 saturated heterocycles. The minimum atomic E-state index is -3.55. The third kappa shape index (κ3) is 3.51. The largest absolute Gasteiger partial charge is 0.341 e. The van der Waals surface area contributed by atoms with Crippen molar-refractivity contribution in [2.24, 2.45) is 5.14 Å². The summed E-state index contributed by atoms with van der Waals surface area (Å²) in [4.78, 5) is 13.2. The molecule has 5 nitrogen and oxygen atoms in total. The van der Waals surface area contributed by atoms with Crippen molar-refractivity contribution in [3.63, 3.8) is 0 Å². The first-order chi connectivity index (χ1) is 7.45. The van der Waals surface area contributed by atoms with Gasteiger partial charge < -0.3 is 4.90 Å². The number of carbonyl (C=O) groups excluding carboxylic acids is 1. The van der Waals surface area contributed by atoms with Gasteiger partial charge in [0, 0.05) is 25.9 Å². The van der Waals surface area contributed by atoms with Crippen LogP contribution in [0, 0.1) is 12.3 Å². The molecule has 1 aliphatic rings. The molecular weight excluding hydrogens is 228 g/mol. The molecule has 1 heterocycles. The summed E-state index contributed by atoms with van der Waals surface area (Å²) in [6.45, 7) is 0.789. The number of piperidine rings is 1. The number of nitrogens with zero attached hydrogens (tertiary/aromatic N) is 1. The number of carbonyl (C=O) groups is 1. The maximum absolute atomic E-state index is 11.6. The van der Waals surface area contributed by atoms with E-state index in [2.05, 4.69) is 5.92 Å². The smallest absolute Gasteiger partial charge is 0.223 e. The highest BCUT2D eigenvalue weighted by molar-refractivity contribution is 7.89. The third-order valence-electron chi connectivity index (χ3n) is 2.68. The Bertz CT molecular complexity index is 397. The minimum absolute atomic E-state index is 0.0914. The number of likely N-dealkylation sites (tertiary alicyclic amines) is 1. The Morgan fingerprint density at radius 2 is 2.25 bits per heavy atom. The van der Waals surface area contributed by atoms with Gasteiger partial charge in [0.05, 0.1) is 5.25 Å². The number of nitrogens with two attached hydrogens (primary N) is 1. The van der Waals surface area contributed by atoms with Crippen LogP contribution in [0.15, 0.2) is 0 Å². The van der Waals surface area contributed by atoms with Gasteiger partial charge in [-0.3, -0.25) is 4.79 Å². The maximum Gasteiger partial charge on any atom is 0.223 e. The first-order valence-electron chi connectivity index (χ1n) is 5.18. The molecule has 1 aliphatic heterocycles. The van der Waals surface area contributed by atoms with Crippen molar-refractivity contribution in [1.29, 1.82) is 0 Å². The van der Waals surface area contributed by atoms with Gasteiger partial charge in [0.1, 0.15) is 0 Å². The van der Waals surface area contributed by atoms with Gasteiger partial charge in [0.25, 0.3) is 0 Å². The molecule has 0 aliphatic carbocycles. The van der Waals surface area contributed by atoms with Crippen molar-refractivity contribution >= 4 is 15.9 Å². The summed E-state index contributed by atoms with van der Waals surface area (Å²) in [6, 6.07) is 0. The topological polar surface area (TPSA) is 80.5 Å². The Hall–Kier alpha value is -1.06. The van der Waals surface area contributed by atoms with Gasteiger partial charge >= 0.3 is 0 Å². The monoisotopic (exact) mass is 244 g/mol. The Morgan fingerprint density at radius 1 is 1.56 bits per heavy atom. The Morgan fingerprint density at radius 3 is 2.81 bits per heavy atom. The van der Waals surface area contributed by atoms with Crippen molar-refractivity contribution in [3.8, 4) is 12.3 Å². The second-order valence-electron chi connectivity index (χ2n) is 3.90. The van der Waals surface area contributed by atoms with E-state index in [1.165, 1.54) is 4.90 Å². The summed E-state index contributed by atoms with van der Waals surface area (Å²) < 4.78 is 22.4. The maximum atomic E-state index is 11.6. The highest BCUT2D eigenvalue weighted by Crippen LogP contribution is 2.16. The van der Waals surface area contributed by atoms with Gasteiger partial charge in [-0.05, 0) is 12.8 Å². The van der Waals surface area contributed by atoms with E-state index < -0.39 is 15.3 Å². The molecule has 1 fully saturated rings. The molecule has 1 unspecified atom stereocenters. The summed E-state index contributed by atoms with van der Waals surface area (Å²) in [5.74, 6) is 2.30. The summed E-state index contributed by atoms with van der Waals surface area (Å²) in [7, 11) is -3.55. The normalized spacial score (nSPS) is 21.5. The average molecular weight is 244 g/mol. The fourth-order valence-corrected chi connectivity index (χ4v) is 2.65. The second kappa shape index (κ2) is 5.32. The van der Waals surface area contributed by atoms with Crippen LogP contribution in [0.25, 0.3) is 0 Å². The SMILES string of the molecule is C#CCCC(=O)N1CCCC(S(N)(=O)=O)C1. The van der Waals surface area contributed by atoms with Crippen molar-refractivity contribution in [2.75, 3.05) is 13.1 Å². The molecule has 1 rings (SSSR count). The Labute approximate surface area is 96.0 Å². The van der Waals surface area contributed by atoms with Crippen LogP contribution < -0.4 is 5.14 Å². The Kier molecular flexibility index (Phi) is 4.33. The zero-order valence-electron chi connectivity index (χ0n) is 9.05. The number of hydrogen-bond acceptors (Lipinski definition) is 3. The molecule has 6 heteroatoms. The number of rotatable bonds is 3. The van der Waals surface area contributed by atoms with Gasteiger partial charge in [-0.1, -0.05) is 0 Å². The Balaban J connectivity index is 2.58. The number of sulfonamides is 1. The molecule has 0 spiro atoms. The van der Waals surface area contributed by atoms with Gasteiger partial charge in [-0.2, -0.15) is 0 Å². The van der Waals surface area contributed by atoms with Crippen LogP contribution in [0.3, 0.4) is 0 Å². The van der Waals surface area contributed by atoms with Crippen LogP contribution in [0.5, 0.6) is 0 Å². The van der Waals surface area contributed by atoms with E-state index in [9.17, 15) is 13.2 Å². The highest BCUT2D eigenvalue weighted by atomic mass is 32.2. The van der Waals surface area contributed by atoms with Gasteiger partial charge in [-0.25, -0.2) is 13.6 Å².